The van der Waals surface area contributed by atoms with Gasteiger partial charge in [-0.05, 0) is 54.7 Å². The lowest BCUT2D eigenvalue weighted by molar-refractivity contribution is 0.448. The van der Waals surface area contributed by atoms with Crippen molar-refractivity contribution in [2.45, 2.75) is 57.8 Å². The molecule has 148 valence electrons. The van der Waals surface area contributed by atoms with Gasteiger partial charge in [-0.15, -0.1) is 0 Å². The lowest BCUT2D eigenvalue weighted by Gasteiger charge is -2.17. The van der Waals surface area contributed by atoms with Crippen molar-refractivity contribution in [2.24, 2.45) is 5.92 Å². The highest BCUT2D eigenvalue weighted by Gasteiger charge is 2.19. The average Bonchev–Trinajstić information content (AvgIpc) is 2.62. The molecule has 1 unspecified atom stereocenters. The zero-order chi connectivity index (χ0) is 20.0. The summed E-state index contributed by atoms with van der Waals surface area (Å²) in [5.74, 6) is -1.20. The molecule has 0 aliphatic carbocycles. The van der Waals surface area contributed by atoms with Crippen molar-refractivity contribution < 1.29 is 17.2 Å². The van der Waals surface area contributed by atoms with Crippen molar-refractivity contribution in [2.75, 3.05) is 4.72 Å². The number of hydrogen-bond acceptors (Lipinski definition) is 2. The molecule has 1 N–H and O–H groups in total. The second-order valence-electron chi connectivity index (χ2n) is 6.94. The first-order chi connectivity index (χ1) is 12.8. The van der Waals surface area contributed by atoms with Crippen LogP contribution in [0.1, 0.15) is 50.7 Å². The van der Waals surface area contributed by atoms with Gasteiger partial charge in [0.05, 0.1) is 10.6 Å². The maximum absolute atomic E-state index is 13.8. The summed E-state index contributed by atoms with van der Waals surface area (Å²) in [5.41, 5.74) is 1.75. The van der Waals surface area contributed by atoms with Crippen LogP contribution in [0.15, 0.2) is 41.3 Å². The molecule has 0 saturated heterocycles. The Morgan fingerprint density at radius 2 is 1.81 bits per heavy atom. The first-order valence-corrected chi connectivity index (χ1v) is 10.8. The quantitative estimate of drug-likeness (QED) is 0.580. The van der Waals surface area contributed by atoms with Crippen LogP contribution in [0.2, 0.25) is 0 Å². The van der Waals surface area contributed by atoms with E-state index in [0.717, 1.165) is 55.4 Å². The summed E-state index contributed by atoms with van der Waals surface area (Å²) in [5, 5.41) is 0. The zero-order valence-corrected chi connectivity index (χ0v) is 16.9. The van der Waals surface area contributed by atoms with Gasteiger partial charge < -0.3 is 0 Å². The lowest BCUT2D eigenvalue weighted by Crippen LogP contribution is -2.15. The van der Waals surface area contributed by atoms with E-state index in [1.165, 1.54) is 6.07 Å². The Labute approximate surface area is 160 Å². The van der Waals surface area contributed by atoms with Crippen LogP contribution < -0.4 is 4.72 Å². The van der Waals surface area contributed by atoms with Crippen molar-refractivity contribution in [3.63, 3.8) is 0 Å². The highest BCUT2D eigenvalue weighted by Crippen LogP contribution is 2.25. The number of aryl methyl sites for hydroxylation is 1. The molecule has 3 nitrogen and oxygen atoms in total. The summed E-state index contributed by atoms with van der Waals surface area (Å²) in [6.07, 6.45) is 5.26. The van der Waals surface area contributed by atoms with Crippen LogP contribution in [0.4, 0.5) is 14.5 Å². The highest BCUT2D eigenvalue weighted by atomic mass is 32.2. The summed E-state index contributed by atoms with van der Waals surface area (Å²) in [6, 6.07) is 7.69. The van der Waals surface area contributed by atoms with Crippen LogP contribution in [0.5, 0.6) is 0 Å². The van der Waals surface area contributed by atoms with E-state index < -0.39 is 21.7 Å². The minimum absolute atomic E-state index is 0.0807. The Hall–Kier alpha value is -1.95. The number of sulfonamides is 1. The molecule has 1 atom stereocenters. The van der Waals surface area contributed by atoms with E-state index in [-0.39, 0.29) is 10.6 Å². The predicted molar refractivity (Wildman–Crippen MR) is 105 cm³/mol. The van der Waals surface area contributed by atoms with E-state index in [1.54, 1.807) is 12.1 Å². The third-order valence-corrected chi connectivity index (χ3v) is 6.22. The lowest BCUT2D eigenvalue weighted by atomic mass is 9.90. The molecule has 2 aromatic carbocycles. The predicted octanol–water partition coefficient (Wildman–Crippen LogP) is 5.83. The largest absolute Gasteiger partial charge is 0.277 e. The summed E-state index contributed by atoms with van der Waals surface area (Å²) < 4.78 is 54.4. The summed E-state index contributed by atoms with van der Waals surface area (Å²) in [6.45, 7) is 6.27. The first kappa shape index (κ1) is 21.4. The minimum atomic E-state index is -3.96. The molecule has 0 bridgehead atoms. The van der Waals surface area contributed by atoms with Gasteiger partial charge in [0.1, 0.15) is 11.6 Å². The van der Waals surface area contributed by atoms with E-state index in [9.17, 15) is 17.2 Å². The number of rotatable bonds is 9. The average molecular weight is 396 g/mol. The Bertz CT molecular complexity index is 882. The Kier molecular flexibility index (Phi) is 7.36. The van der Waals surface area contributed by atoms with Crippen LogP contribution in [0, 0.1) is 24.5 Å². The van der Waals surface area contributed by atoms with Gasteiger partial charge in [0.2, 0.25) is 0 Å². The smallest absolute Gasteiger partial charge is 0.261 e. The second-order valence-corrected chi connectivity index (χ2v) is 8.62. The van der Waals surface area contributed by atoms with Gasteiger partial charge in [0, 0.05) is 6.07 Å². The molecule has 0 aliphatic heterocycles. The van der Waals surface area contributed by atoms with Crippen LogP contribution in [0.25, 0.3) is 0 Å². The number of hydrogen-bond donors (Lipinski definition) is 1. The fourth-order valence-electron chi connectivity index (χ4n) is 3.07. The minimum Gasteiger partial charge on any atom is -0.277 e. The van der Waals surface area contributed by atoms with Gasteiger partial charge in [-0.25, -0.2) is 17.2 Å². The van der Waals surface area contributed by atoms with E-state index in [0.29, 0.717) is 12.0 Å². The molecule has 0 amide bonds. The molecule has 0 saturated carbocycles. The van der Waals surface area contributed by atoms with Crippen LogP contribution in [0.3, 0.4) is 0 Å². The Balaban J connectivity index is 2.26. The summed E-state index contributed by atoms with van der Waals surface area (Å²) in [7, 11) is -3.96. The molecule has 2 aromatic rings. The third-order valence-electron chi connectivity index (χ3n) is 4.86. The highest BCUT2D eigenvalue weighted by molar-refractivity contribution is 7.92. The fourth-order valence-corrected chi connectivity index (χ4v) is 4.18. The van der Waals surface area contributed by atoms with Crippen LogP contribution in [-0.2, 0) is 16.4 Å². The maximum Gasteiger partial charge on any atom is 0.261 e. The van der Waals surface area contributed by atoms with Crippen molar-refractivity contribution in [1.82, 2.24) is 0 Å². The molecule has 27 heavy (non-hydrogen) atoms. The SMILES string of the molecule is CCCCC(CC)Cc1cc(S(=O)(=O)Nc2ccc(F)cc2F)ccc1C. The summed E-state index contributed by atoms with van der Waals surface area (Å²) >= 11 is 0. The van der Waals surface area contributed by atoms with Gasteiger partial charge in [0.15, 0.2) is 0 Å². The van der Waals surface area contributed by atoms with Gasteiger partial charge in [0.25, 0.3) is 10.0 Å². The molecule has 0 heterocycles. The van der Waals surface area contributed by atoms with Crippen molar-refractivity contribution in [3.05, 3.63) is 59.2 Å². The first-order valence-electron chi connectivity index (χ1n) is 9.34. The molecule has 2 rings (SSSR count). The van der Waals surface area contributed by atoms with Crippen molar-refractivity contribution in [1.29, 1.82) is 0 Å². The molecule has 0 fully saturated rings. The monoisotopic (exact) mass is 395 g/mol. The molecule has 0 spiro atoms. The van der Waals surface area contributed by atoms with Crippen molar-refractivity contribution in [3.8, 4) is 0 Å². The van der Waals surface area contributed by atoms with Crippen molar-refractivity contribution >= 4 is 15.7 Å². The third kappa shape index (κ3) is 5.76. The molecular formula is C21H27F2NO2S. The van der Waals surface area contributed by atoms with Gasteiger partial charge in [-0.2, -0.15) is 0 Å². The van der Waals surface area contributed by atoms with Crippen LogP contribution >= 0.6 is 0 Å². The number of halogens is 2. The Morgan fingerprint density at radius 1 is 1.07 bits per heavy atom. The standard InChI is InChI=1S/C21H27F2NO2S/c1-4-6-7-16(5-2)12-17-13-19(10-8-15(17)3)27(25,26)24-21-11-9-18(22)14-20(21)23/h8-11,13-14,16,24H,4-7,12H2,1-3H3. The fraction of sp³-hybridized carbons (Fsp3) is 0.429. The number of unbranched alkanes of at least 4 members (excludes halogenated alkanes) is 1. The van der Waals surface area contributed by atoms with Gasteiger partial charge >= 0.3 is 0 Å². The maximum atomic E-state index is 13.8. The van der Waals surface area contributed by atoms with E-state index >= 15 is 0 Å². The molecule has 6 heteroatoms. The zero-order valence-electron chi connectivity index (χ0n) is 16.1. The number of benzene rings is 2. The van der Waals surface area contributed by atoms with E-state index in [4.69, 9.17) is 0 Å². The Morgan fingerprint density at radius 3 is 2.44 bits per heavy atom. The molecular weight excluding hydrogens is 368 g/mol. The number of anilines is 1. The molecule has 0 aromatic heterocycles. The van der Waals surface area contributed by atoms with Gasteiger partial charge in [-0.1, -0.05) is 45.6 Å². The van der Waals surface area contributed by atoms with Gasteiger partial charge in [-0.3, -0.25) is 4.72 Å². The van der Waals surface area contributed by atoms with Crippen LogP contribution in [-0.4, -0.2) is 8.42 Å². The summed E-state index contributed by atoms with van der Waals surface area (Å²) in [4.78, 5) is 0.0807. The molecule has 0 aliphatic rings. The normalized spacial score (nSPS) is 12.8. The van der Waals surface area contributed by atoms with E-state index in [1.807, 2.05) is 6.92 Å². The second kappa shape index (κ2) is 9.31. The topological polar surface area (TPSA) is 46.2 Å². The van der Waals surface area contributed by atoms with E-state index in [2.05, 4.69) is 18.6 Å². The molecule has 0 radical (unpaired) electrons. The number of nitrogens with one attached hydrogen (secondary N) is 1.